The van der Waals surface area contributed by atoms with Crippen molar-refractivity contribution in [1.82, 2.24) is 5.32 Å². The van der Waals surface area contributed by atoms with Crippen LogP contribution < -0.4 is 10.1 Å². The van der Waals surface area contributed by atoms with E-state index in [-0.39, 0.29) is 12.4 Å². The fourth-order valence-electron chi connectivity index (χ4n) is 1.42. The Bertz CT molecular complexity index is 426. The molecule has 1 N–H and O–H groups in total. The van der Waals surface area contributed by atoms with Crippen molar-refractivity contribution in [3.05, 3.63) is 29.8 Å². The second-order valence-corrected chi connectivity index (χ2v) is 3.92. The van der Waals surface area contributed by atoms with Crippen molar-refractivity contribution < 1.29 is 23.0 Å². The SMILES string of the molecule is CCCNC(COc1ccc(F)c(F)c1)C(=O)OC. The minimum Gasteiger partial charge on any atom is -0.491 e. The molecule has 0 saturated heterocycles. The van der Waals surface area contributed by atoms with E-state index in [0.29, 0.717) is 6.54 Å². The van der Waals surface area contributed by atoms with E-state index in [1.807, 2.05) is 6.92 Å². The van der Waals surface area contributed by atoms with Crippen LogP contribution in [0.25, 0.3) is 0 Å². The summed E-state index contributed by atoms with van der Waals surface area (Å²) in [6.45, 7) is 2.57. The van der Waals surface area contributed by atoms with E-state index < -0.39 is 23.6 Å². The van der Waals surface area contributed by atoms with E-state index in [4.69, 9.17) is 4.74 Å². The number of halogens is 2. The number of carbonyl (C=O) groups is 1. The molecule has 0 aliphatic heterocycles. The van der Waals surface area contributed by atoms with Gasteiger partial charge in [-0.15, -0.1) is 0 Å². The quantitative estimate of drug-likeness (QED) is 0.771. The minimum atomic E-state index is -0.992. The molecule has 1 aromatic rings. The summed E-state index contributed by atoms with van der Waals surface area (Å²) in [7, 11) is 1.28. The Kier molecular flexibility index (Phi) is 6.21. The number of benzene rings is 1. The van der Waals surface area contributed by atoms with Crippen molar-refractivity contribution in [2.75, 3.05) is 20.3 Å². The van der Waals surface area contributed by atoms with E-state index in [2.05, 4.69) is 10.1 Å². The molecule has 0 aromatic heterocycles. The average Bonchev–Trinajstić information content (AvgIpc) is 2.42. The van der Waals surface area contributed by atoms with E-state index in [1.54, 1.807) is 0 Å². The lowest BCUT2D eigenvalue weighted by Gasteiger charge is -2.16. The van der Waals surface area contributed by atoms with Crippen molar-refractivity contribution in [3.63, 3.8) is 0 Å². The Morgan fingerprint density at radius 2 is 2.11 bits per heavy atom. The molecular formula is C13H17F2NO3. The summed E-state index contributed by atoms with van der Waals surface area (Å²) in [5.41, 5.74) is 0. The molecule has 19 heavy (non-hydrogen) atoms. The van der Waals surface area contributed by atoms with Crippen molar-refractivity contribution in [2.45, 2.75) is 19.4 Å². The first-order valence-electron chi connectivity index (χ1n) is 5.97. The van der Waals surface area contributed by atoms with Gasteiger partial charge < -0.3 is 14.8 Å². The van der Waals surface area contributed by atoms with Crippen LogP contribution in [-0.2, 0) is 9.53 Å². The highest BCUT2D eigenvalue weighted by Crippen LogP contribution is 2.15. The summed E-state index contributed by atoms with van der Waals surface area (Å²) in [5.74, 6) is -2.24. The summed E-state index contributed by atoms with van der Waals surface area (Å²) >= 11 is 0. The van der Waals surface area contributed by atoms with Crippen LogP contribution >= 0.6 is 0 Å². The predicted molar refractivity (Wildman–Crippen MR) is 66.0 cm³/mol. The largest absolute Gasteiger partial charge is 0.491 e. The molecule has 0 fully saturated rings. The van der Waals surface area contributed by atoms with Gasteiger partial charge in [-0.3, -0.25) is 4.79 Å². The van der Waals surface area contributed by atoms with Gasteiger partial charge in [0.15, 0.2) is 11.6 Å². The lowest BCUT2D eigenvalue weighted by atomic mass is 10.3. The zero-order chi connectivity index (χ0) is 14.3. The molecule has 0 spiro atoms. The maximum absolute atomic E-state index is 13.0. The Morgan fingerprint density at radius 3 is 2.68 bits per heavy atom. The van der Waals surface area contributed by atoms with Gasteiger partial charge in [0, 0.05) is 6.07 Å². The van der Waals surface area contributed by atoms with Gasteiger partial charge in [0.25, 0.3) is 0 Å². The first kappa shape index (κ1) is 15.4. The number of hydrogen-bond donors (Lipinski definition) is 1. The number of hydrogen-bond acceptors (Lipinski definition) is 4. The molecule has 4 nitrogen and oxygen atoms in total. The molecule has 0 amide bonds. The van der Waals surface area contributed by atoms with Crippen LogP contribution in [0.4, 0.5) is 8.78 Å². The maximum Gasteiger partial charge on any atom is 0.326 e. The molecule has 0 saturated carbocycles. The number of rotatable bonds is 7. The normalized spacial score (nSPS) is 12.0. The molecule has 0 bridgehead atoms. The monoisotopic (exact) mass is 273 g/mol. The lowest BCUT2D eigenvalue weighted by molar-refractivity contribution is -0.143. The summed E-state index contributed by atoms with van der Waals surface area (Å²) in [6.07, 6.45) is 0.846. The average molecular weight is 273 g/mol. The predicted octanol–water partition coefficient (Wildman–Crippen LogP) is 1.88. The maximum atomic E-state index is 13.0. The molecule has 0 heterocycles. The van der Waals surface area contributed by atoms with Crippen molar-refractivity contribution >= 4 is 5.97 Å². The third-order valence-electron chi connectivity index (χ3n) is 2.43. The highest BCUT2D eigenvalue weighted by Gasteiger charge is 2.19. The molecule has 106 valence electrons. The van der Waals surface area contributed by atoms with Crippen molar-refractivity contribution in [1.29, 1.82) is 0 Å². The Hall–Kier alpha value is -1.69. The van der Waals surface area contributed by atoms with Crippen molar-refractivity contribution in [2.24, 2.45) is 0 Å². The number of ether oxygens (including phenoxy) is 2. The second-order valence-electron chi connectivity index (χ2n) is 3.92. The topological polar surface area (TPSA) is 47.6 Å². The zero-order valence-electron chi connectivity index (χ0n) is 10.9. The second kappa shape index (κ2) is 7.68. The molecule has 0 aliphatic carbocycles. The summed E-state index contributed by atoms with van der Waals surface area (Å²) < 4.78 is 35.6. The van der Waals surface area contributed by atoms with E-state index in [0.717, 1.165) is 18.6 Å². The van der Waals surface area contributed by atoms with Crippen molar-refractivity contribution in [3.8, 4) is 5.75 Å². The summed E-state index contributed by atoms with van der Waals surface area (Å²) in [4.78, 5) is 11.5. The smallest absolute Gasteiger partial charge is 0.326 e. The molecule has 1 unspecified atom stereocenters. The molecular weight excluding hydrogens is 256 g/mol. The fraction of sp³-hybridized carbons (Fsp3) is 0.462. The Morgan fingerprint density at radius 1 is 1.37 bits per heavy atom. The minimum absolute atomic E-state index is 0.0161. The third kappa shape index (κ3) is 4.82. The van der Waals surface area contributed by atoms with Crippen LogP contribution in [-0.4, -0.2) is 32.3 Å². The van der Waals surface area contributed by atoms with Crippen LogP contribution in [0.3, 0.4) is 0 Å². The van der Waals surface area contributed by atoms with E-state index in [1.165, 1.54) is 13.2 Å². The Labute approximate surface area is 110 Å². The van der Waals surface area contributed by atoms with E-state index in [9.17, 15) is 13.6 Å². The van der Waals surface area contributed by atoms with Gasteiger partial charge in [-0.1, -0.05) is 6.92 Å². The van der Waals surface area contributed by atoms with E-state index >= 15 is 0 Å². The molecule has 0 aliphatic rings. The highest BCUT2D eigenvalue weighted by molar-refractivity contribution is 5.75. The number of carbonyl (C=O) groups excluding carboxylic acids is 1. The van der Waals surface area contributed by atoms with Gasteiger partial charge >= 0.3 is 5.97 Å². The van der Waals surface area contributed by atoms with Gasteiger partial charge in [-0.2, -0.15) is 0 Å². The lowest BCUT2D eigenvalue weighted by Crippen LogP contribution is -2.42. The third-order valence-corrected chi connectivity index (χ3v) is 2.43. The van der Waals surface area contributed by atoms with Crippen LogP contribution in [0.2, 0.25) is 0 Å². The van der Waals surface area contributed by atoms with Crippen LogP contribution in [0.15, 0.2) is 18.2 Å². The van der Waals surface area contributed by atoms with Gasteiger partial charge in [0.2, 0.25) is 0 Å². The Balaban J connectivity index is 2.59. The molecule has 0 radical (unpaired) electrons. The van der Waals surface area contributed by atoms with Gasteiger partial charge in [-0.25, -0.2) is 8.78 Å². The summed E-state index contributed by atoms with van der Waals surface area (Å²) in [6, 6.07) is 2.56. The highest BCUT2D eigenvalue weighted by atomic mass is 19.2. The molecule has 6 heteroatoms. The molecule has 1 atom stereocenters. The number of methoxy groups -OCH3 is 1. The first-order chi connectivity index (χ1) is 9.08. The number of nitrogens with one attached hydrogen (secondary N) is 1. The number of esters is 1. The van der Waals surface area contributed by atoms with Crippen LogP contribution in [0.1, 0.15) is 13.3 Å². The van der Waals surface area contributed by atoms with Gasteiger partial charge in [0.1, 0.15) is 18.4 Å². The summed E-state index contributed by atoms with van der Waals surface area (Å²) in [5, 5.41) is 2.95. The molecule has 1 aromatic carbocycles. The first-order valence-corrected chi connectivity index (χ1v) is 5.97. The van der Waals surface area contributed by atoms with Crippen LogP contribution in [0.5, 0.6) is 5.75 Å². The zero-order valence-corrected chi connectivity index (χ0v) is 10.9. The fourth-order valence-corrected chi connectivity index (χ4v) is 1.42. The van der Waals surface area contributed by atoms with Gasteiger partial charge in [0.05, 0.1) is 7.11 Å². The standard InChI is InChI=1S/C13H17F2NO3/c1-3-6-16-12(13(17)18-2)8-19-9-4-5-10(14)11(15)7-9/h4-5,7,12,16H,3,6,8H2,1-2H3. The van der Waals surface area contributed by atoms with Crippen LogP contribution in [0, 0.1) is 11.6 Å². The molecule has 1 rings (SSSR count). The van der Waals surface area contributed by atoms with Gasteiger partial charge in [-0.05, 0) is 25.1 Å².